The van der Waals surface area contributed by atoms with Crippen LogP contribution in [0, 0.1) is 11.8 Å². The predicted molar refractivity (Wildman–Crippen MR) is 72.4 cm³/mol. The quantitative estimate of drug-likeness (QED) is 0.817. The van der Waals surface area contributed by atoms with Crippen molar-refractivity contribution < 1.29 is 9.52 Å². The Kier molecular flexibility index (Phi) is 5.26. The van der Waals surface area contributed by atoms with E-state index in [0.29, 0.717) is 24.5 Å². The van der Waals surface area contributed by atoms with Gasteiger partial charge < -0.3 is 14.8 Å². The molecular weight excluding hydrogens is 226 g/mol. The standard InChI is InChI=1S/C15H25NO2/c1-12(9-15-7-4-8-18-15)16-10-13-5-2-3-6-14(13)11-17/h4,7-8,12-14,16-17H,2-3,5-6,9-11H2,1H3. The van der Waals surface area contributed by atoms with Gasteiger partial charge in [-0.3, -0.25) is 0 Å². The Balaban J connectivity index is 1.72. The highest BCUT2D eigenvalue weighted by atomic mass is 16.3. The van der Waals surface area contributed by atoms with Gasteiger partial charge in [0.25, 0.3) is 0 Å². The molecular formula is C15H25NO2. The largest absolute Gasteiger partial charge is 0.469 e. The van der Waals surface area contributed by atoms with Gasteiger partial charge in [-0.1, -0.05) is 12.8 Å². The van der Waals surface area contributed by atoms with Crippen molar-refractivity contribution in [3.05, 3.63) is 24.2 Å². The first-order chi connectivity index (χ1) is 8.79. The lowest BCUT2D eigenvalue weighted by Gasteiger charge is -2.31. The molecule has 1 aromatic rings. The van der Waals surface area contributed by atoms with E-state index < -0.39 is 0 Å². The molecule has 0 radical (unpaired) electrons. The van der Waals surface area contributed by atoms with Crippen LogP contribution in [0.2, 0.25) is 0 Å². The van der Waals surface area contributed by atoms with Gasteiger partial charge in [-0.15, -0.1) is 0 Å². The fourth-order valence-corrected chi connectivity index (χ4v) is 2.95. The van der Waals surface area contributed by atoms with Crippen LogP contribution < -0.4 is 5.32 Å². The Hall–Kier alpha value is -0.800. The lowest BCUT2D eigenvalue weighted by molar-refractivity contribution is 0.131. The molecule has 2 rings (SSSR count). The summed E-state index contributed by atoms with van der Waals surface area (Å²) >= 11 is 0. The smallest absolute Gasteiger partial charge is 0.105 e. The fourth-order valence-electron chi connectivity index (χ4n) is 2.95. The Labute approximate surface area is 110 Å². The van der Waals surface area contributed by atoms with Gasteiger partial charge in [0, 0.05) is 19.1 Å². The molecule has 3 atom stereocenters. The molecule has 3 nitrogen and oxygen atoms in total. The summed E-state index contributed by atoms with van der Waals surface area (Å²) < 4.78 is 5.36. The van der Waals surface area contributed by atoms with Crippen molar-refractivity contribution in [3.63, 3.8) is 0 Å². The van der Waals surface area contributed by atoms with E-state index in [2.05, 4.69) is 12.2 Å². The molecule has 0 amide bonds. The lowest BCUT2D eigenvalue weighted by atomic mass is 9.79. The van der Waals surface area contributed by atoms with Crippen LogP contribution in [0.15, 0.2) is 22.8 Å². The number of furan rings is 1. The molecule has 3 heteroatoms. The summed E-state index contributed by atoms with van der Waals surface area (Å²) in [6.07, 6.45) is 7.70. The van der Waals surface area contributed by atoms with Crippen LogP contribution in [0.25, 0.3) is 0 Å². The maximum atomic E-state index is 9.39. The van der Waals surface area contributed by atoms with Gasteiger partial charge in [0.1, 0.15) is 5.76 Å². The number of aliphatic hydroxyl groups excluding tert-OH is 1. The second kappa shape index (κ2) is 6.95. The average molecular weight is 251 g/mol. The van der Waals surface area contributed by atoms with Gasteiger partial charge in [-0.25, -0.2) is 0 Å². The SMILES string of the molecule is CC(Cc1ccco1)NCC1CCCCC1CO. The Morgan fingerprint density at radius 2 is 2.17 bits per heavy atom. The normalized spacial score (nSPS) is 26.1. The van der Waals surface area contributed by atoms with Gasteiger partial charge in [0.05, 0.1) is 6.26 Å². The molecule has 1 saturated carbocycles. The van der Waals surface area contributed by atoms with Crippen molar-refractivity contribution in [2.75, 3.05) is 13.2 Å². The Morgan fingerprint density at radius 3 is 2.83 bits per heavy atom. The van der Waals surface area contributed by atoms with Crippen LogP contribution in [-0.4, -0.2) is 24.3 Å². The summed E-state index contributed by atoms with van der Waals surface area (Å²) in [5.41, 5.74) is 0. The molecule has 1 aliphatic carbocycles. The van der Waals surface area contributed by atoms with Crippen LogP contribution in [0.5, 0.6) is 0 Å². The molecule has 1 aromatic heterocycles. The van der Waals surface area contributed by atoms with Crippen molar-refractivity contribution in [3.8, 4) is 0 Å². The third kappa shape index (κ3) is 3.85. The highest BCUT2D eigenvalue weighted by molar-refractivity contribution is 5.00. The van der Waals surface area contributed by atoms with Gasteiger partial charge in [-0.05, 0) is 50.3 Å². The zero-order chi connectivity index (χ0) is 12.8. The summed E-state index contributed by atoms with van der Waals surface area (Å²) in [5.74, 6) is 2.18. The minimum absolute atomic E-state index is 0.346. The molecule has 2 N–H and O–H groups in total. The van der Waals surface area contributed by atoms with Crippen LogP contribution in [0.4, 0.5) is 0 Å². The van der Waals surface area contributed by atoms with Gasteiger partial charge in [0.2, 0.25) is 0 Å². The number of hydrogen-bond donors (Lipinski definition) is 2. The molecule has 3 unspecified atom stereocenters. The number of rotatable bonds is 6. The van der Waals surface area contributed by atoms with Crippen LogP contribution in [0.1, 0.15) is 38.4 Å². The fraction of sp³-hybridized carbons (Fsp3) is 0.733. The summed E-state index contributed by atoms with van der Waals surface area (Å²) in [6.45, 7) is 3.56. The molecule has 1 aliphatic rings. The first-order valence-electron chi connectivity index (χ1n) is 7.16. The lowest BCUT2D eigenvalue weighted by Crippen LogP contribution is -2.37. The van der Waals surface area contributed by atoms with E-state index in [1.165, 1.54) is 25.7 Å². The van der Waals surface area contributed by atoms with E-state index in [4.69, 9.17) is 4.42 Å². The van der Waals surface area contributed by atoms with Crippen molar-refractivity contribution in [2.45, 2.75) is 45.1 Å². The first kappa shape index (κ1) is 13.6. The third-order valence-corrected chi connectivity index (χ3v) is 4.12. The third-order valence-electron chi connectivity index (χ3n) is 4.12. The van der Waals surface area contributed by atoms with Gasteiger partial charge >= 0.3 is 0 Å². The van der Waals surface area contributed by atoms with Crippen LogP contribution in [0.3, 0.4) is 0 Å². The van der Waals surface area contributed by atoms with Crippen LogP contribution >= 0.6 is 0 Å². The van der Waals surface area contributed by atoms with E-state index in [0.717, 1.165) is 18.7 Å². The summed E-state index contributed by atoms with van der Waals surface area (Å²) in [6, 6.07) is 4.39. The Morgan fingerprint density at radius 1 is 1.39 bits per heavy atom. The highest BCUT2D eigenvalue weighted by Crippen LogP contribution is 2.29. The molecule has 0 spiro atoms. The molecule has 102 valence electrons. The monoisotopic (exact) mass is 251 g/mol. The van der Waals surface area contributed by atoms with E-state index in [1.54, 1.807) is 6.26 Å². The van der Waals surface area contributed by atoms with E-state index in [1.807, 2.05) is 12.1 Å². The van der Waals surface area contributed by atoms with Crippen LogP contribution in [-0.2, 0) is 6.42 Å². The number of hydrogen-bond acceptors (Lipinski definition) is 3. The summed E-state index contributed by atoms with van der Waals surface area (Å²) in [4.78, 5) is 0. The second-order valence-corrected chi connectivity index (χ2v) is 5.58. The molecule has 1 fully saturated rings. The zero-order valence-corrected chi connectivity index (χ0v) is 11.3. The first-order valence-corrected chi connectivity index (χ1v) is 7.16. The minimum atomic E-state index is 0.346. The molecule has 18 heavy (non-hydrogen) atoms. The maximum Gasteiger partial charge on any atom is 0.105 e. The van der Waals surface area contributed by atoms with E-state index >= 15 is 0 Å². The Bertz CT molecular complexity index is 323. The van der Waals surface area contributed by atoms with Gasteiger partial charge in [0.15, 0.2) is 0 Å². The number of nitrogens with one attached hydrogen (secondary N) is 1. The van der Waals surface area contributed by atoms with Crippen molar-refractivity contribution in [1.82, 2.24) is 5.32 Å². The second-order valence-electron chi connectivity index (χ2n) is 5.58. The number of aliphatic hydroxyl groups is 1. The minimum Gasteiger partial charge on any atom is -0.469 e. The van der Waals surface area contributed by atoms with E-state index in [9.17, 15) is 5.11 Å². The average Bonchev–Trinajstić information content (AvgIpc) is 2.89. The maximum absolute atomic E-state index is 9.39. The van der Waals surface area contributed by atoms with Crippen molar-refractivity contribution in [2.24, 2.45) is 11.8 Å². The van der Waals surface area contributed by atoms with Gasteiger partial charge in [-0.2, -0.15) is 0 Å². The molecule has 0 saturated heterocycles. The summed E-state index contributed by atoms with van der Waals surface area (Å²) in [5, 5.41) is 13.0. The van der Waals surface area contributed by atoms with E-state index in [-0.39, 0.29) is 0 Å². The predicted octanol–water partition coefficient (Wildman–Crippen LogP) is 2.60. The van der Waals surface area contributed by atoms with Crippen molar-refractivity contribution in [1.29, 1.82) is 0 Å². The highest BCUT2D eigenvalue weighted by Gasteiger charge is 2.24. The topological polar surface area (TPSA) is 45.4 Å². The molecule has 0 aromatic carbocycles. The molecule has 1 heterocycles. The zero-order valence-electron chi connectivity index (χ0n) is 11.3. The van der Waals surface area contributed by atoms with Crippen molar-refractivity contribution >= 4 is 0 Å². The molecule has 0 aliphatic heterocycles. The summed E-state index contributed by atoms with van der Waals surface area (Å²) in [7, 11) is 0. The molecule has 0 bridgehead atoms.